The lowest BCUT2D eigenvalue weighted by Gasteiger charge is -2.35. The summed E-state index contributed by atoms with van der Waals surface area (Å²) in [5.74, 6) is 2.51. The van der Waals surface area contributed by atoms with Crippen molar-refractivity contribution >= 4 is 17.4 Å². The predicted octanol–water partition coefficient (Wildman–Crippen LogP) is 1.57. The molecule has 130 valence electrons. The van der Waals surface area contributed by atoms with Crippen molar-refractivity contribution in [3.63, 3.8) is 0 Å². The van der Waals surface area contributed by atoms with Gasteiger partial charge in [-0.3, -0.25) is 4.79 Å². The monoisotopic (exact) mass is 340 g/mol. The molecule has 0 bridgehead atoms. The molecule has 1 N–H and O–H groups in total. The molecule has 7 nitrogen and oxygen atoms in total. The highest BCUT2D eigenvalue weighted by Crippen LogP contribution is 2.34. The van der Waals surface area contributed by atoms with Crippen LogP contribution in [0.15, 0.2) is 42.6 Å². The van der Waals surface area contributed by atoms with E-state index in [1.807, 2.05) is 41.3 Å². The van der Waals surface area contributed by atoms with Crippen molar-refractivity contribution in [3.05, 3.63) is 42.6 Å². The Hall–Kier alpha value is -2.96. The summed E-state index contributed by atoms with van der Waals surface area (Å²) in [4.78, 5) is 20.9. The molecule has 0 aliphatic carbocycles. The van der Waals surface area contributed by atoms with Crippen LogP contribution in [0, 0.1) is 0 Å². The number of benzene rings is 1. The van der Waals surface area contributed by atoms with Crippen LogP contribution >= 0.6 is 0 Å². The van der Waals surface area contributed by atoms with Gasteiger partial charge < -0.3 is 24.6 Å². The number of ether oxygens (including phenoxy) is 2. The number of carbonyl (C=O) groups is 1. The molecule has 7 heteroatoms. The number of fused-ring (bicyclic) bond motifs is 1. The molecule has 0 spiro atoms. The Morgan fingerprint density at radius 3 is 2.72 bits per heavy atom. The van der Waals surface area contributed by atoms with E-state index in [0.717, 1.165) is 30.3 Å². The van der Waals surface area contributed by atoms with Crippen LogP contribution in [-0.2, 0) is 4.79 Å². The molecule has 0 atom stereocenters. The lowest BCUT2D eigenvalue weighted by molar-refractivity contribution is -0.129. The zero-order valence-electron chi connectivity index (χ0n) is 13.9. The first-order valence-electron chi connectivity index (χ1n) is 8.37. The quantitative estimate of drug-likeness (QED) is 0.911. The molecular weight excluding hydrogens is 320 g/mol. The van der Waals surface area contributed by atoms with E-state index in [1.165, 1.54) is 0 Å². The average Bonchev–Trinajstić information content (AvgIpc) is 3.15. The van der Waals surface area contributed by atoms with Crippen LogP contribution in [0.5, 0.6) is 11.5 Å². The van der Waals surface area contributed by atoms with Crippen LogP contribution < -0.4 is 19.7 Å². The highest BCUT2D eigenvalue weighted by atomic mass is 16.7. The van der Waals surface area contributed by atoms with Gasteiger partial charge in [-0.15, -0.1) is 0 Å². The van der Waals surface area contributed by atoms with Gasteiger partial charge in [0, 0.05) is 44.1 Å². The smallest absolute Gasteiger partial charge is 0.241 e. The van der Waals surface area contributed by atoms with E-state index in [0.29, 0.717) is 18.8 Å². The second kappa shape index (κ2) is 6.88. The minimum atomic E-state index is 0.0957. The molecule has 1 saturated heterocycles. The minimum absolute atomic E-state index is 0.0957. The van der Waals surface area contributed by atoms with Gasteiger partial charge in [0.05, 0.1) is 6.54 Å². The fourth-order valence-electron chi connectivity index (χ4n) is 3.02. The molecule has 3 heterocycles. The van der Waals surface area contributed by atoms with E-state index in [2.05, 4.69) is 15.2 Å². The fraction of sp³-hybridized carbons (Fsp3) is 0.333. The summed E-state index contributed by atoms with van der Waals surface area (Å²) in [6.45, 7) is 3.53. The largest absolute Gasteiger partial charge is 0.454 e. The van der Waals surface area contributed by atoms with Crippen molar-refractivity contribution in [2.75, 3.05) is 49.7 Å². The number of carbonyl (C=O) groups excluding carboxylic acids is 1. The first-order valence-corrected chi connectivity index (χ1v) is 8.37. The maximum Gasteiger partial charge on any atom is 0.241 e. The molecule has 1 aromatic carbocycles. The van der Waals surface area contributed by atoms with Gasteiger partial charge in [0.15, 0.2) is 11.5 Å². The summed E-state index contributed by atoms with van der Waals surface area (Å²) in [6.07, 6.45) is 1.79. The summed E-state index contributed by atoms with van der Waals surface area (Å²) < 4.78 is 10.6. The molecule has 2 aliphatic heterocycles. The molecule has 2 aromatic rings. The number of nitrogens with zero attached hydrogens (tertiary/aromatic N) is 3. The second-order valence-corrected chi connectivity index (χ2v) is 5.98. The topological polar surface area (TPSA) is 66.9 Å². The van der Waals surface area contributed by atoms with Gasteiger partial charge in [0.25, 0.3) is 0 Å². The predicted molar refractivity (Wildman–Crippen MR) is 94.1 cm³/mol. The first-order chi connectivity index (χ1) is 12.3. The van der Waals surface area contributed by atoms with Crippen LogP contribution in [0.2, 0.25) is 0 Å². The van der Waals surface area contributed by atoms with Gasteiger partial charge in [-0.1, -0.05) is 6.07 Å². The Balaban J connectivity index is 1.28. The molecular formula is C18H20N4O3. The highest BCUT2D eigenvalue weighted by molar-refractivity contribution is 5.81. The molecule has 2 aliphatic rings. The summed E-state index contributed by atoms with van der Waals surface area (Å²) in [6, 6.07) is 11.5. The van der Waals surface area contributed by atoms with Crippen LogP contribution in [0.25, 0.3) is 0 Å². The Bertz CT molecular complexity index is 745. The number of hydrogen-bond donors (Lipinski definition) is 1. The van der Waals surface area contributed by atoms with Gasteiger partial charge in [-0.2, -0.15) is 0 Å². The van der Waals surface area contributed by atoms with Gasteiger partial charge in [-0.25, -0.2) is 4.98 Å². The molecule has 1 fully saturated rings. The Morgan fingerprint density at radius 1 is 1.08 bits per heavy atom. The number of hydrogen-bond acceptors (Lipinski definition) is 6. The lowest BCUT2D eigenvalue weighted by Crippen LogP contribution is -2.50. The second-order valence-electron chi connectivity index (χ2n) is 5.98. The Kier molecular flexibility index (Phi) is 4.28. The number of piperazine rings is 1. The van der Waals surface area contributed by atoms with Crippen molar-refractivity contribution < 1.29 is 14.3 Å². The summed E-state index contributed by atoms with van der Waals surface area (Å²) in [5.41, 5.74) is 0.852. The van der Waals surface area contributed by atoms with Crippen LogP contribution in [0.4, 0.5) is 11.5 Å². The van der Waals surface area contributed by atoms with Crippen molar-refractivity contribution in [1.82, 2.24) is 9.88 Å². The number of anilines is 2. The summed E-state index contributed by atoms with van der Waals surface area (Å²) >= 11 is 0. The van der Waals surface area contributed by atoms with Gasteiger partial charge >= 0.3 is 0 Å². The Morgan fingerprint density at radius 2 is 1.92 bits per heavy atom. The van der Waals surface area contributed by atoms with Crippen molar-refractivity contribution in [2.24, 2.45) is 0 Å². The molecule has 4 rings (SSSR count). The van der Waals surface area contributed by atoms with Crippen LogP contribution in [0.1, 0.15) is 0 Å². The third-order valence-electron chi connectivity index (χ3n) is 4.42. The maximum atomic E-state index is 12.4. The van der Waals surface area contributed by atoms with Crippen molar-refractivity contribution in [1.29, 1.82) is 0 Å². The summed E-state index contributed by atoms with van der Waals surface area (Å²) in [5, 5.41) is 3.16. The third kappa shape index (κ3) is 3.45. The Labute approximate surface area is 146 Å². The molecule has 25 heavy (non-hydrogen) atoms. The number of aromatic nitrogens is 1. The zero-order valence-corrected chi connectivity index (χ0v) is 13.9. The van der Waals surface area contributed by atoms with Gasteiger partial charge in [-0.05, 0) is 24.3 Å². The standard InChI is InChI=1S/C18H20N4O3/c23-18(12-20-14-4-5-15-16(11-14)25-13-24-15)22-9-7-21(8-10-22)17-3-1-2-6-19-17/h1-6,11,20H,7-10,12-13H2. The van der Waals surface area contributed by atoms with Gasteiger partial charge in [0.2, 0.25) is 12.7 Å². The van der Waals surface area contributed by atoms with E-state index in [4.69, 9.17) is 9.47 Å². The van der Waals surface area contributed by atoms with Gasteiger partial charge in [0.1, 0.15) is 5.82 Å². The fourth-order valence-corrected chi connectivity index (χ4v) is 3.02. The number of pyridine rings is 1. The molecule has 0 radical (unpaired) electrons. The number of rotatable bonds is 4. The zero-order chi connectivity index (χ0) is 17.1. The SMILES string of the molecule is O=C(CNc1ccc2c(c1)OCO2)N1CCN(c2ccccn2)CC1. The number of amides is 1. The first kappa shape index (κ1) is 15.6. The van der Waals surface area contributed by atoms with Crippen LogP contribution in [0.3, 0.4) is 0 Å². The molecule has 1 amide bonds. The number of nitrogens with one attached hydrogen (secondary N) is 1. The van der Waals surface area contributed by atoms with E-state index in [-0.39, 0.29) is 19.2 Å². The normalized spacial score (nSPS) is 16.0. The van der Waals surface area contributed by atoms with Crippen molar-refractivity contribution in [2.45, 2.75) is 0 Å². The van der Waals surface area contributed by atoms with Crippen molar-refractivity contribution in [3.8, 4) is 11.5 Å². The van der Waals surface area contributed by atoms with Crippen LogP contribution in [-0.4, -0.2) is 55.3 Å². The highest BCUT2D eigenvalue weighted by Gasteiger charge is 2.21. The molecule has 0 saturated carbocycles. The maximum absolute atomic E-state index is 12.4. The summed E-state index contributed by atoms with van der Waals surface area (Å²) in [7, 11) is 0. The van der Waals surface area contributed by atoms with E-state index in [1.54, 1.807) is 6.20 Å². The molecule has 0 unspecified atom stereocenters. The van der Waals surface area contributed by atoms with E-state index >= 15 is 0 Å². The third-order valence-corrected chi connectivity index (χ3v) is 4.42. The van der Waals surface area contributed by atoms with E-state index in [9.17, 15) is 4.79 Å². The minimum Gasteiger partial charge on any atom is -0.454 e. The van der Waals surface area contributed by atoms with E-state index < -0.39 is 0 Å². The molecule has 1 aromatic heterocycles. The average molecular weight is 340 g/mol. The lowest BCUT2D eigenvalue weighted by atomic mass is 10.2.